The molecule has 0 unspecified atom stereocenters. The molecule has 3 aromatic carbocycles. The average molecular weight is 648 g/mol. The molecule has 0 bridgehead atoms. The van der Waals surface area contributed by atoms with Crippen molar-refractivity contribution in [2.45, 2.75) is 83.6 Å². The van der Waals surface area contributed by atoms with Crippen molar-refractivity contribution in [3.8, 4) is 28.4 Å². The van der Waals surface area contributed by atoms with Gasteiger partial charge >= 0.3 is 12.1 Å². The number of hydrogen-bond acceptors (Lipinski definition) is 7. The van der Waals surface area contributed by atoms with Crippen LogP contribution in [-0.4, -0.2) is 68.1 Å². The smallest absolute Gasteiger partial charge is 0.407 e. The minimum Gasteiger partial charge on any atom is -0.491 e. The van der Waals surface area contributed by atoms with Gasteiger partial charge in [0.15, 0.2) is 8.32 Å². The van der Waals surface area contributed by atoms with Crippen LogP contribution in [0.1, 0.15) is 57.0 Å². The largest absolute Gasteiger partial charge is 0.491 e. The average Bonchev–Trinajstić information content (AvgIpc) is 2.98. The zero-order chi connectivity index (χ0) is 33.3. The summed E-state index contributed by atoms with van der Waals surface area (Å²) >= 11 is 0. The fourth-order valence-electron chi connectivity index (χ4n) is 5.42. The van der Waals surface area contributed by atoms with Gasteiger partial charge in [-0.3, -0.25) is 0 Å². The lowest BCUT2D eigenvalue weighted by Gasteiger charge is -2.40. The maximum Gasteiger partial charge on any atom is 0.407 e. The van der Waals surface area contributed by atoms with Gasteiger partial charge in [0.05, 0.1) is 19.2 Å². The third-order valence-electron chi connectivity index (χ3n) is 8.88. The Morgan fingerprint density at radius 3 is 2.41 bits per heavy atom. The van der Waals surface area contributed by atoms with Gasteiger partial charge in [0.1, 0.15) is 35.5 Å². The highest BCUT2D eigenvalue weighted by molar-refractivity contribution is 6.74. The zero-order valence-electron chi connectivity index (χ0n) is 27.8. The second-order valence-electron chi connectivity index (χ2n) is 14.0. The molecule has 2 aliphatic rings. The normalized spacial score (nSPS) is 17.8. The quantitative estimate of drug-likeness (QED) is 0.176. The van der Waals surface area contributed by atoms with Gasteiger partial charge in [0.2, 0.25) is 5.79 Å². The second kappa shape index (κ2) is 13.0. The molecule has 0 spiro atoms. The first kappa shape index (κ1) is 33.3. The number of cyclic esters (lactones) is 1. The van der Waals surface area contributed by atoms with Crippen LogP contribution in [0.2, 0.25) is 18.1 Å². The van der Waals surface area contributed by atoms with E-state index in [1.807, 2.05) is 54.6 Å². The first-order chi connectivity index (χ1) is 21.6. The van der Waals surface area contributed by atoms with E-state index in [0.29, 0.717) is 23.5 Å². The monoisotopic (exact) mass is 647 g/mol. The molecule has 0 fully saturated rings. The standard InChI is InChI=1S/C36H45NO8Si/c1-35(2,3)46(6,7)45-29(23-41-27-11-9-8-10-12-27)22-37(34(39)40)21-28-16-13-26-19-24(15-18-31(26)42-28)25-14-17-30-32(20-25)43-36(4,5)44-33(30)38/h8-12,14-15,17-20,28-29H,13,16,21-23H2,1-7H3,(H,39,40)/t28-,29-/m0/s1. The molecule has 246 valence electrons. The Kier molecular flexibility index (Phi) is 9.42. The molecule has 3 aromatic rings. The van der Waals surface area contributed by atoms with Gasteiger partial charge in [-0.05, 0) is 84.1 Å². The molecule has 46 heavy (non-hydrogen) atoms. The minimum atomic E-state index is -2.22. The van der Waals surface area contributed by atoms with Crippen molar-refractivity contribution in [1.29, 1.82) is 0 Å². The SMILES string of the molecule is CC1(C)OC(=O)c2ccc(-c3ccc4c(c3)CC[C@@H](CN(C[C@@H](COc3ccccc3)O[Si](C)(C)C(C)(C)C)C(=O)O)O4)cc2O1. The topological polar surface area (TPSA) is 104 Å². The molecular weight excluding hydrogens is 602 g/mol. The Bertz CT molecular complexity index is 1570. The van der Waals surface area contributed by atoms with Crippen LogP contribution in [0, 0.1) is 0 Å². The van der Waals surface area contributed by atoms with E-state index < -0.39 is 32.3 Å². The van der Waals surface area contributed by atoms with Crippen molar-refractivity contribution in [2.75, 3.05) is 19.7 Å². The summed E-state index contributed by atoms with van der Waals surface area (Å²) in [6.45, 7) is 14.9. The van der Waals surface area contributed by atoms with E-state index in [0.717, 1.165) is 28.9 Å². The first-order valence-corrected chi connectivity index (χ1v) is 18.7. The number of carbonyl (C=O) groups excluding carboxylic acids is 1. The van der Waals surface area contributed by atoms with E-state index in [9.17, 15) is 14.7 Å². The molecule has 2 atom stereocenters. The number of carboxylic acid groups (broad SMARTS) is 1. The maximum absolute atomic E-state index is 12.5. The minimum absolute atomic E-state index is 0.0460. The summed E-state index contributed by atoms with van der Waals surface area (Å²) in [5.41, 5.74) is 3.33. The highest BCUT2D eigenvalue weighted by Gasteiger charge is 2.40. The lowest BCUT2D eigenvalue weighted by Crippen LogP contribution is -2.51. The summed E-state index contributed by atoms with van der Waals surface area (Å²) in [5.74, 6) is 0.517. The van der Waals surface area contributed by atoms with Gasteiger partial charge in [-0.2, -0.15) is 0 Å². The number of hydrogen-bond donors (Lipinski definition) is 1. The highest BCUT2D eigenvalue weighted by atomic mass is 28.4. The number of fused-ring (bicyclic) bond motifs is 2. The van der Waals surface area contributed by atoms with Crippen molar-refractivity contribution in [1.82, 2.24) is 4.90 Å². The molecule has 9 nitrogen and oxygen atoms in total. The van der Waals surface area contributed by atoms with Crippen LogP contribution in [0.25, 0.3) is 11.1 Å². The zero-order valence-corrected chi connectivity index (χ0v) is 28.8. The summed E-state index contributed by atoms with van der Waals surface area (Å²) in [7, 11) is -2.22. The lowest BCUT2D eigenvalue weighted by molar-refractivity contribution is -0.127. The lowest BCUT2D eigenvalue weighted by atomic mass is 9.96. The summed E-state index contributed by atoms with van der Waals surface area (Å²) in [6.07, 6.45) is -0.354. The number of carbonyl (C=O) groups is 2. The van der Waals surface area contributed by atoms with E-state index in [1.54, 1.807) is 19.9 Å². The predicted molar refractivity (Wildman–Crippen MR) is 178 cm³/mol. The molecule has 2 heterocycles. The molecule has 0 aliphatic carbocycles. The molecule has 2 aliphatic heterocycles. The van der Waals surface area contributed by atoms with E-state index in [-0.39, 0.29) is 30.8 Å². The van der Waals surface area contributed by atoms with Crippen LogP contribution in [0.3, 0.4) is 0 Å². The maximum atomic E-state index is 12.5. The van der Waals surface area contributed by atoms with E-state index in [2.05, 4.69) is 39.9 Å². The van der Waals surface area contributed by atoms with Crippen LogP contribution >= 0.6 is 0 Å². The molecule has 5 rings (SSSR count). The second-order valence-corrected chi connectivity index (χ2v) is 18.8. The number of ether oxygens (including phenoxy) is 4. The number of aryl methyl sites for hydroxylation is 1. The molecule has 0 aromatic heterocycles. The molecule has 0 saturated carbocycles. The molecule has 1 N–H and O–H groups in total. The number of benzene rings is 3. The van der Waals surface area contributed by atoms with Crippen molar-refractivity contribution in [2.24, 2.45) is 0 Å². The Balaban J connectivity index is 1.28. The fourth-order valence-corrected chi connectivity index (χ4v) is 6.75. The number of rotatable bonds is 10. The van der Waals surface area contributed by atoms with Crippen LogP contribution < -0.4 is 14.2 Å². The summed E-state index contributed by atoms with van der Waals surface area (Å²) < 4.78 is 30.3. The third-order valence-corrected chi connectivity index (χ3v) is 13.4. The number of para-hydroxylation sites is 1. The Labute approximate surface area is 272 Å². The highest BCUT2D eigenvalue weighted by Crippen LogP contribution is 2.39. The van der Waals surface area contributed by atoms with Crippen molar-refractivity contribution < 1.29 is 38.1 Å². The Morgan fingerprint density at radius 1 is 1.02 bits per heavy atom. The van der Waals surface area contributed by atoms with Gasteiger partial charge < -0.3 is 33.4 Å². The molecular formula is C36H45NO8Si. The van der Waals surface area contributed by atoms with Crippen molar-refractivity contribution >= 4 is 20.4 Å². The number of esters is 1. The number of nitrogens with zero attached hydrogens (tertiary/aromatic N) is 1. The Hall–Kier alpha value is -4.02. The van der Waals surface area contributed by atoms with Crippen LogP contribution in [0.5, 0.6) is 17.2 Å². The van der Waals surface area contributed by atoms with Gasteiger partial charge in [-0.1, -0.05) is 51.1 Å². The Morgan fingerprint density at radius 2 is 1.72 bits per heavy atom. The van der Waals surface area contributed by atoms with Gasteiger partial charge in [0, 0.05) is 13.8 Å². The van der Waals surface area contributed by atoms with Crippen molar-refractivity contribution in [3.05, 3.63) is 77.9 Å². The van der Waals surface area contributed by atoms with Crippen LogP contribution in [0.4, 0.5) is 4.79 Å². The first-order valence-electron chi connectivity index (χ1n) is 15.8. The van der Waals surface area contributed by atoms with Crippen LogP contribution in [-0.2, 0) is 15.6 Å². The van der Waals surface area contributed by atoms with Gasteiger partial charge in [-0.25, -0.2) is 9.59 Å². The molecule has 0 radical (unpaired) electrons. The fraction of sp³-hybridized carbons (Fsp3) is 0.444. The van der Waals surface area contributed by atoms with Crippen molar-refractivity contribution in [3.63, 3.8) is 0 Å². The summed E-state index contributed by atoms with van der Waals surface area (Å²) in [5, 5.41) is 10.2. The van der Waals surface area contributed by atoms with E-state index >= 15 is 0 Å². The summed E-state index contributed by atoms with van der Waals surface area (Å²) in [6, 6.07) is 20.9. The molecule has 0 saturated heterocycles. The molecule has 10 heteroatoms. The predicted octanol–water partition coefficient (Wildman–Crippen LogP) is 7.78. The summed E-state index contributed by atoms with van der Waals surface area (Å²) in [4.78, 5) is 26.3. The van der Waals surface area contributed by atoms with Crippen LogP contribution in [0.15, 0.2) is 66.7 Å². The van der Waals surface area contributed by atoms with E-state index in [4.69, 9.17) is 23.4 Å². The molecule has 1 amide bonds. The third kappa shape index (κ3) is 7.85. The number of amides is 1. The van der Waals surface area contributed by atoms with Gasteiger partial charge in [-0.15, -0.1) is 0 Å². The van der Waals surface area contributed by atoms with Gasteiger partial charge in [0.25, 0.3) is 0 Å². The van der Waals surface area contributed by atoms with E-state index in [1.165, 1.54) is 4.90 Å².